The summed E-state index contributed by atoms with van der Waals surface area (Å²) in [7, 11) is 0. The topological polar surface area (TPSA) is 66.8 Å². The van der Waals surface area contributed by atoms with Crippen LogP contribution >= 0.6 is 0 Å². The van der Waals surface area contributed by atoms with Gasteiger partial charge in [-0.3, -0.25) is 9.59 Å². The molecule has 0 aromatic rings. The number of ether oxygens (including phenoxy) is 1. The number of carbonyl (C=O) groups excluding carboxylic acids is 1. The van der Waals surface area contributed by atoms with Crippen molar-refractivity contribution in [3.8, 4) is 0 Å². The lowest BCUT2D eigenvalue weighted by atomic mass is 9.74. The number of carbonyl (C=O) groups is 2. The molecule has 2 aliphatic heterocycles. The molecule has 3 rings (SSSR count). The molecule has 0 bridgehead atoms. The summed E-state index contributed by atoms with van der Waals surface area (Å²) in [4.78, 5) is 25.1. The summed E-state index contributed by atoms with van der Waals surface area (Å²) < 4.78 is 5.42. The Morgan fingerprint density at radius 2 is 1.89 bits per heavy atom. The van der Waals surface area contributed by atoms with Gasteiger partial charge < -0.3 is 14.7 Å². The van der Waals surface area contributed by atoms with Crippen molar-refractivity contribution in [3.05, 3.63) is 0 Å². The first kappa shape index (κ1) is 12.9. The quantitative estimate of drug-likeness (QED) is 0.814. The van der Waals surface area contributed by atoms with Crippen molar-refractivity contribution in [3.63, 3.8) is 0 Å². The van der Waals surface area contributed by atoms with Gasteiger partial charge in [0.1, 0.15) is 0 Å². The molecule has 2 atom stereocenters. The first-order valence-electron chi connectivity index (χ1n) is 7.21. The molecule has 1 N–H and O–H groups in total. The minimum atomic E-state index is -0.823. The molecule has 2 saturated heterocycles. The van der Waals surface area contributed by atoms with Gasteiger partial charge in [0.15, 0.2) is 0 Å². The van der Waals surface area contributed by atoms with Crippen LogP contribution in [0, 0.1) is 17.3 Å². The monoisotopic (exact) mass is 267 g/mol. The van der Waals surface area contributed by atoms with Crippen molar-refractivity contribution in [2.75, 3.05) is 26.3 Å². The Kier molecular flexibility index (Phi) is 3.25. The Morgan fingerprint density at radius 1 is 1.16 bits per heavy atom. The number of piperidine rings is 1. The smallest absolute Gasteiger partial charge is 0.307 e. The van der Waals surface area contributed by atoms with Gasteiger partial charge in [0.2, 0.25) is 5.91 Å². The van der Waals surface area contributed by atoms with E-state index in [2.05, 4.69) is 0 Å². The maximum atomic E-state index is 12.3. The van der Waals surface area contributed by atoms with Crippen molar-refractivity contribution < 1.29 is 19.4 Å². The molecule has 2 heterocycles. The average Bonchev–Trinajstić information content (AvgIpc) is 3.19. The van der Waals surface area contributed by atoms with Crippen LogP contribution < -0.4 is 0 Å². The fourth-order valence-corrected chi connectivity index (χ4v) is 3.58. The van der Waals surface area contributed by atoms with Crippen LogP contribution in [0.2, 0.25) is 0 Å². The highest BCUT2D eigenvalue weighted by molar-refractivity contribution is 5.89. The number of carboxylic acids is 1. The third-order valence-corrected chi connectivity index (χ3v) is 4.95. The van der Waals surface area contributed by atoms with Crippen molar-refractivity contribution in [2.24, 2.45) is 17.3 Å². The Morgan fingerprint density at radius 3 is 2.53 bits per heavy atom. The van der Waals surface area contributed by atoms with E-state index in [9.17, 15) is 9.59 Å². The Balaban J connectivity index is 1.62. The van der Waals surface area contributed by atoms with Gasteiger partial charge in [0, 0.05) is 26.3 Å². The Bertz CT molecular complexity index is 383. The molecule has 106 valence electrons. The summed E-state index contributed by atoms with van der Waals surface area (Å²) in [5, 5.41) is 8.93. The van der Waals surface area contributed by atoms with Crippen LogP contribution in [0.4, 0.5) is 0 Å². The van der Waals surface area contributed by atoms with E-state index in [-0.39, 0.29) is 17.2 Å². The number of hydrogen-bond donors (Lipinski definition) is 1. The molecule has 2 unspecified atom stereocenters. The van der Waals surface area contributed by atoms with Crippen LogP contribution in [0.25, 0.3) is 0 Å². The summed E-state index contributed by atoms with van der Waals surface area (Å²) in [5.41, 5.74) is 0.236. The van der Waals surface area contributed by atoms with Crippen LogP contribution in [0.3, 0.4) is 0 Å². The van der Waals surface area contributed by atoms with Gasteiger partial charge in [-0.25, -0.2) is 0 Å². The molecular weight excluding hydrogens is 246 g/mol. The van der Waals surface area contributed by atoms with E-state index in [1.165, 1.54) is 6.42 Å². The molecule has 5 heteroatoms. The third kappa shape index (κ3) is 2.48. The highest BCUT2D eigenvalue weighted by Crippen LogP contribution is 2.44. The first-order chi connectivity index (χ1) is 9.11. The van der Waals surface area contributed by atoms with Crippen LogP contribution in [-0.2, 0) is 14.3 Å². The molecule has 3 aliphatic rings. The van der Waals surface area contributed by atoms with Gasteiger partial charge >= 0.3 is 5.97 Å². The highest BCUT2D eigenvalue weighted by Gasteiger charge is 2.51. The average molecular weight is 267 g/mol. The molecule has 1 amide bonds. The number of likely N-dealkylation sites (tertiary alicyclic amines) is 1. The molecule has 0 radical (unpaired) electrons. The van der Waals surface area contributed by atoms with Crippen molar-refractivity contribution in [1.82, 2.24) is 4.90 Å². The molecule has 1 spiro atoms. The predicted octanol–water partition coefficient (Wildman–Crippen LogP) is 1.13. The van der Waals surface area contributed by atoms with Crippen LogP contribution in [0.1, 0.15) is 32.1 Å². The van der Waals surface area contributed by atoms with E-state index in [4.69, 9.17) is 9.84 Å². The normalized spacial score (nSPS) is 33.2. The zero-order valence-electron chi connectivity index (χ0n) is 11.1. The summed E-state index contributed by atoms with van der Waals surface area (Å²) in [6, 6.07) is 0. The number of nitrogens with zero attached hydrogens (tertiary/aromatic N) is 1. The number of carboxylic acid groups (broad SMARTS) is 1. The second-order valence-electron chi connectivity index (χ2n) is 6.26. The second kappa shape index (κ2) is 4.78. The SMILES string of the molecule is O=C(O)C1CC1C(=O)N1CCCC2(CCOCC2)C1. The molecule has 1 aliphatic carbocycles. The largest absolute Gasteiger partial charge is 0.481 e. The number of amides is 1. The van der Waals surface area contributed by atoms with Gasteiger partial charge in [-0.05, 0) is 37.5 Å². The van der Waals surface area contributed by atoms with Crippen LogP contribution in [0.5, 0.6) is 0 Å². The maximum Gasteiger partial charge on any atom is 0.307 e. The second-order valence-corrected chi connectivity index (χ2v) is 6.26. The van der Waals surface area contributed by atoms with Crippen LogP contribution in [-0.4, -0.2) is 48.2 Å². The fraction of sp³-hybridized carbons (Fsp3) is 0.857. The summed E-state index contributed by atoms with van der Waals surface area (Å²) in [6.07, 6.45) is 4.80. The predicted molar refractivity (Wildman–Crippen MR) is 67.5 cm³/mol. The zero-order valence-corrected chi connectivity index (χ0v) is 11.1. The van der Waals surface area contributed by atoms with Crippen molar-refractivity contribution in [1.29, 1.82) is 0 Å². The van der Waals surface area contributed by atoms with E-state index in [1.807, 2.05) is 4.90 Å². The van der Waals surface area contributed by atoms with Gasteiger partial charge in [0.25, 0.3) is 0 Å². The van der Waals surface area contributed by atoms with E-state index < -0.39 is 11.9 Å². The maximum absolute atomic E-state index is 12.3. The lowest BCUT2D eigenvalue weighted by Gasteiger charge is -2.45. The highest BCUT2D eigenvalue weighted by atomic mass is 16.5. The minimum absolute atomic E-state index is 0.0676. The van der Waals surface area contributed by atoms with Gasteiger partial charge in [-0.15, -0.1) is 0 Å². The Hall–Kier alpha value is -1.10. The molecule has 0 aromatic heterocycles. The molecule has 5 nitrogen and oxygen atoms in total. The molecule has 19 heavy (non-hydrogen) atoms. The van der Waals surface area contributed by atoms with E-state index in [0.717, 1.165) is 45.6 Å². The lowest BCUT2D eigenvalue weighted by molar-refractivity contribution is -0.144. The Labute approximate surface area is 112 Å². The number of aliphatic carboxylic acids is 1. The minimum Gasteiger partial charge on any atom is -0.481 e. The molecular formula is C14H21NO4. The van der Waals surface area contributed by atoms with E-state index in [1.54, 1.807) is 0 Å². The fourth-order valence-electron chi connectivity index (χ4n) is 3.58. The van der Waals surface area contributed by atoms with Gasteiger partial charge in [-0.2, -0.15) is 0 Å². The summed E-state index contributed by atoms with van der Waals surface area (Å²) in [6.45, 7) is 3.19. The molecule has 3 fully saturated rings. The molecule has 0 aromatic carbocycles. The standard InChI is InChI=1S/C14H21NO4/c16-12(10-8-11(10)13(17)18)15-5-1-2-14(9-15)3-6-19-7-4-14/h10-11H,1-9H2,(H,17,18). The molecule has 1 saturated carbocycles. The summed E-state index contributed by atoms with van der Waals surface area (Å²) >= 11 is 0. The van der Waals surface area contributed by atoms with Crippen molar-refractivity contribution >= 4 is 11.9 Å². The lowest BCUT2D eigenvalue weighted by Crippen LogP contribution is -2.49. The third-order valence-electron chi connectivity index (χ3n) is 4.95. The first-order valence-corrected chi connectivity index (χ1v) is 7.21. The number of hydrogen-bond acceptors (Lipinski definition) is 3. The van der Waals surface area contributed by atoms with Gasteiger partial charge in [0.05, 0.1) is 11.8 Å². The van der Waals surface area contributed by atoms with Crippen LogP contribution in [0.15, 0.2) is 0 Å². The number of rotatable bonds is 2. The zero-order chi connectivity index (χ0) is 13.5. The van der Waals surface area contributed by atoms with Gasteiger partial charge in [-0.1, -0.05) is 0 Å². The van der Waals surface area contributed by atoms with Crippen molar-refractivity contribution in [2.45, 2.75) is 32.1 Å². The van der Waals surface area contributed by atoms with E-state index in [0.29, 0.717) is 6.42 Å². The van der Waals surface area contributed by atoms with E-state index >= 15 is 0 Å². The summed E-state index contributed by atoms with van der Waals surface area (Å²) in [5.74, 6) is -1.44.